The Morgan fingerprint density at radius 3 is 2.92 bits per heavy atom. The average Bonchev–Trinajstić information content (AvgIpc) is 3.13. The van der Waals surface area contributed by atoms with Crippen molar-refractivity contribution in [1.29, 1.82) is 0 Å². The molecular weight excluding hydrogens is 397 g/mol. The maximum atomic E-state index is 13.9. The van der Waals surface area contributed by atoms with E-state index in [2.05, 4.69) is 49.4 Å². The van der Waals surface area contributed by atoms with Crippen molar-refractivity contribution in [1.82, 2.24) is 19.7 Å². The zero-order valence-corrected chi connectivity index (χ0v) is 16.4. The number of nitrogens with zero attached hydrogens (tertiary/aromatic N) is 5. The summed E-state index contributed by atoms with van der Waals surface area (Å²) in [7, 11) is 0. The Bertz CT molecular complexity index is 939. The van der Waals surface area contributed by atoms with Gasteiger partial charge in [-0.1, -0.05) is 0 Å². The second-order valence-corrected chi connectivity index (χ2v) is 7.96. The van der Waals surface area contributed by atoms with Gasteiger partial charge in [-0.2, -0.15) is 0 Å². The number of fused-ring (bicyclic) bond motifs is 1. The molecule has 5 nitrogen and oxygen atoms in total. The largest absolute Gasteiger partial charge is 0.356 e. The molecule has 1 atom stereocenters. The van der Waals surface area contributed by atoms with Crippen LogP contribution in [0.15, 0.2) is 35.1 Å². The van der Waals surface area contributed by atoms with Gasteiger partial charge < -0.3 is 9.47 Å². The minimum atomic E-state index is -0.288. The van der Waals surface area contributed by atoms with Gasteiger partial charge in [-0.25, -0.2) is 9.37 Å². The fraction of sp³-hybridized carbons (Fsp3) is 0.421. The molecule has 1 aliphatic heterocycles. The molecule has 1 saturated heterocycles. The Hall–Kier alpha value is -2.02. The first-order valence-electron chi connectivity index (χ1n) is 8.93. The molecule has 1 aliphatic rings. The molecule has 26 heavy (non-hydrogen) atoms. The molecule has 1 aromatic carbocycles. The first-order valence-corrected chi connectivity index (χ1v) is 9.72. The van der Waals surface area contributed by atoms with Crippen molar-refractivity contribution in [2.75, 3.05) is 18.0 Å². The molecule has 3 heterocycles. The summed E-state index contributed by atoms with van der Waals surface area (Å²) in [6.07, 6.45) is 3.98. The Kier molecular flexibility index (Phi) is 4.65. The number of anilines is 1. The summed E-state index contributed by atoms with van der Waals surface area (Å²) >= 11 is 3.23. The van der Waals surface area contributed by atoms with Gasteiger partial charge in [-0.3, -0.25) is 0 Å². The van der Waals surface area contributed by atoms with Gasteiger partial charge in [0.15, 0.2) is 0 Å². The highest BCUT2D eigenvalue weighted by atomic mass is 79.9. The number of halogens is 2. The van der Waals surface area contributed by atoms with E-state index >= 15 is 0 Å². The highest BCUT2D eigenvalue weighted by Gasteiger charge is 2.26. The van der Waals surface area contributed by atoms with Crippen LogP contribution in [0.2, 0.25) is 0 Å². The lowest BCUT2D eigenvalue weighted by molar-refractivity contribution is 0.453. The minimum absolute atomic E-state index is 0.288. The minimum Gasteiger partial charge on any atom is -0.356 e. The second kappa shape index (κ2) is 6.95. The third kappa shape index (κ3) is 3.20. The fourth-order valence-electron chi connectivity index (χ4n) is 3.62. The lowest BCUT2D eigenvalue weighted by Crippen LogP contribution is -2.36. The first kappa shape index (κ1) is 17.4. The Labute approximate surface area is 160 Å². The molecule has 0 aliphatic carbocycles. The van der Waals surface area contributed by atoms with E-state index in [1.165, 1.54) is 6.07 Å². The van der Waals surface area contributed by atoms with Crippen LogP contribution in [0.5, 0.6) is 0 Å². The van der Waals surface area contributed by atoms with Gasteiger partial charge in [0.25, 0.3) is 0 Å². The Balaban J connectivity index is 1.62. The van der Waals surface area contributed by atoms with Crippen LogP contribution >= 0.6 is 15.9 Å². The first-order chi connectivity index (χ1) is 12.5. The van der Waals surface area contributed by atoms with Crippen molar-refractivity contribution < 1.29 is 4.39 Å². The summed E-state index contributed by atoms with van der Waals surface area (Å²) in [4.78, 5) is 6.97. The van der Waals surface area contributed by atoms with Crippen molar-refractivity contribution in [3.05, 3.63) is 46.7 Å². The van der Waals surface area contributed by atoms with Crippen LogP contribution in [0.4, 0.5) is 10.2 Å². The van der Waals surface area contributed by atoms with E-state index in [1.54, 1.807) is 6.07 Å². The maximum Gasteiger partial charge on any atom is 0.139 e. The zero-order chi connectivity index (χ0) is 18.3. The molecule has 4 rings (SSSR count). The summed E-state index contributed by atoms with van der Waals surface area (Å²) < 4.78 is 16.5. The van der Waals surface area contributed by atoms with Gasteiger partial charge in [0.1, 0.15) is 23.8 Å². The van der Waals surface area contributed by atoms with Crippen LogP contribution in [0, 0.1) is 5.82 Å². The smallest absolute Gasteiger partial charge is 0.139 e. The van der Waals surface area contributed by atoms with Crippen LogP contribution in [0.25, 0.3) is 10.9 Å². The number of benzene rings is 1. The van der Waals surface area contributed by atoms with E-state index in [0.717, 1.165) is 43.0 Å². The molecule has 1 fully saturated rings. The Morgan fingerprint density at radius 1 is 1.27 bits per heavy atom. The third-order valence-electron chi connectivity index (χ3n) is 4.98. The summed E-state index contributed by atoms with van der Waals surface area (Å²) in [5.74, 6) is 1.97. The zero-order valence-electron chi connectivity index (χ0n) is 14.9. The topological polar surface area (TPSA) is 46.8 Å². The average molecular weight is 418 g/mol. The lowest BCUT2D eigenvalue weighted by atomic mass is 9.97. The highest BCUT2D eigenvalue weighted by Crippen LogP contribution is 2.31. The fourth-order valence-corrected chi connectivity index (χ4v) is 3.98. The molecule has 0 radical (unpaired) electrons. The van der Waals surface area contributed by atoms with Crippen molar-refractivity contribution in [3.63, 3.8) is 0 Å². The number of aromatic nitrogens is 4. The van der Waals surface area contributed by atoms with Gasteiger partial charge in [-0.05, 0) is 60.8 Å². The molecule has 2 aromatic heterocycles. The van der Waals surface area contributed by atoms with Gasteiger partial charge in [-0.15, -0.1) is 10.2 Å². The molecule has 136 valence electrons. The Morgan fingerprint density at radius 2 is 2.12 bits per heavy atom. The summed E-state index contributed by atoms with van der Waals surface area (Å²) in [6, 6.07) is 7.62. The molecule has 0 bridgehead atoms. The quantitative estimate of drug-likeness (QED) is 0.619. The van der Waals surface area contributed by atoms with Crippen LogP contribution < -0.4 is 4.90 Å². The number of piperidine rings is 1. The molecule has 0 saturated carbocycles. The lowest BCUT2D eigenvalue weighted by Gasteiger charge is -2.33. The van der Waals surface area contributed by atoms with E-state index in [-0.39, 0.29) is 5.82 Å². The van der Waals surface area contributed by atoms with Crippen molar-refractivity contribution in [3.8, 4) is 0 Å². The molecule has 0 N–H and O–H groups in total. The van der Waals surface area contributed by atoms with E-state index in [4.69, 9.17) is 4.98 Å². The van der Waals surface area contributed by atoms with Crippen LogP contribution in [0.1, 0.15) is 44.5 Å². The predicted octanol–water partition coefficient (Wildman–Crippen LogP) is 4.69. The van der Waals surface area contributed by atoms with Crippen LogP contribution in [-0.2, 0) is 0 Å². The highest BCUT2D eigenvalue weighted by molar-refractivity contribution is 9.10. The van der Waals surface area contributed by atoms with E-state index < -0.39 is 0 Å². The number of pyridine rings is 1. The predicted molar refractivity (Wildman–Crippen MR) is 104 cm³/mol. The van der Waals surface area contributed by atoms with Crippen LogP contribution in [0.3, 0.4) is 0 Å². The molecular formula is C19H21BrFN5. The molecule has 3 aromatic rings. The summed E-state index contributed by atoms with van der Waals surface area (Å²) in [5, 5.41) is 9.41. The summed E-state index contributed by atoms with van der Waals surface area (Å²) in [6.45, 7) is 6.09. The van der Waals surface area contributed by atoms with Crippen LogP contribution in [-0.4, -0.2) is 32.8 Å². The molecule has 0 amide bonds. The molecule has 7 heteroatoms. The second-order valence-electron chi connectivity index (χ2n) is 7.10. The normalized spacial score (nSPS) is 18.0. The number of hydrogen-bond acceptors (Lipinski definition) is 4. The van der Waals surface area contributed by atoms with Gasteiger partial charge in [0.05, 0.1) is 9.99 Å². The van der Waals surface area contributed by atoms with Gasteiger partial charge in [0.2, 0.25) is 0 Å². The molecule has 1 unspecified atom stereocenters. The van der Waals surface area contributed by atoms with Gasteiger partial charge >= 0.3 is 0 Å². The SMILES string of the molecule is CC(C)n1cnnc1C1CCCN(c2ccc3cc(Br)c(F)cc3n2)C1. The van der Waals surface area contributed by atoms with E-state index in [1.807, 2.05) is 18.5 Å². The molecule has 0 spiro atoms. The monoisotopic (exact) mass is 417 g/mol. The van der Waals surface area contributed by atoms with E-state index in [0.29, 0.717) is 21.9 Å². The standard InChI is InChI=1S/C19H21BrFN5/c1-12(2)26-11-22-24-19(26)14-4-3-7-25(10-14)18-6-5-13-8-15(20)16(21)9-17(13)23-18/h5-6,8-9,11-12,14H,3-4,7,10H2,1-2H3. The number of hydrogen-bond donors (Lipinski definition) is 0. The maximum absolute atomic E-state index is 13.9. The number of rotatable bonds is 3. The van der Waals surface area contributed by atoms with Gasteiger partial charge in [0, 0.05) is 36.5 Å². The summed E-state index contributed by atoms with van der Waals surface area (Å²) in [5.41, 5.74) is 0.677. The van der Waals surface area contributed by atoms with E-state index in [9.17, 15) is 4.39 Å². The van der Waals surface area contributed by atoms with Crippen molar-refractivity contribution in [2.45, 2.75) is 38.6 Å². The van der Waals surface area contributed by atoms with Crippen molar-refractivity contribution >= 4 is 32.7 Å². The third-order valence-corrected chi connectivity index (χ3v) is 5.59. The van der Waals surface area contributed by atoms with Crippen molar-refractivity contribution in [2.24, 2.45) is 0 Å².